The summed E-state index contributed by atoms with van der Waals surface area (Å²) in [6.45, 7) is 11.0. The zero-order chi connectivity index (χ0) is 26.9. The van der Waals surface area contributed by atoms with Gasteiger partial charge in [0.05, 0.1) is 31.4 Å². The third-order valence-corrected chi connectivity index (χ3v) is 6.68. The minimum atomic E-state index is -0.704. The summed E-state index contributed by atoms with van der Waals surface area (Å²) >= 11 is 0. The maximum Gasteiger partial charge on any atom is 0.295 e. The Balaban J connectivity index is 1.63. The standard InChI is InChI=1S/C30H36N2O6/c1-3-18-37-24-10-6-22(7-11-24)27-26(28(33)23-8-12-25(13-9-23)38-19-4-2)29(34)30(35)32(27)15-5-14-31-16-20-36-21-17-31/h3,6-13,27,33H,1,4-5,14-21H2,2H3/t27-/m1/s1. The Kier molecular flexibility index (Phi) is 9.56. The molecule has 0 aromatic heterocycles. The predicted octanol–water partition coefficient (Wildman–Crippen LogP) is 4.18. The van der Waals surface area contributed by atoms with E-state index in [1.165, 1.54) is 0 Å². The number of rotatable bonds is 12. The van der Waals surface area contributed by atoms with Crippen molar-refractivity contribution in [1.82, 2.24) is 9.80 Å². The monoisotopic (exact) mass is 520 g/mol. The zero-order valence-electron chi connectivity index (χ0n) is 21.9. The highest BCUT2D eigenvalue weighted by atomic mass is 16.5. The number of hydrogen-bond donors (Lipinski definition) is 1. The smallest absolute Gasteiger partial charge is 0.295 e. The van der Waals surface area contributed by atoms with Crippen LogP contribution in [0.5, 0.6) is 11.5 Å². The number of hydrogen-bond acceptors (Lipinski definition) is 7. The van der Waals surface area contributed by atoms with Crippen molar-refractivity contribution in [2.24, 2.45) is 0 Å². The van der Waals surface area contributed by atoms with Gasteiger partial charge in [-0.2, -0.15) is 0 Å². The number of amides is 1. The molecule has 1 amide bonds. The average Bonchev–Trinajstić information content (AvgIpc) is 3.21. The van der Waals surface area contributed by atoms with Crippen molar-refractivity contribution < 1.29 is 28.9 Å². The highest BCUT2D eigenvalue weighted by Gasteiger charge is 2.45. The van der Waals surface area contributed by atoms with Crippen molar-refractivity contribution >= 4 is 17.4 Å². The van der Waals surface area contributed by atoms with E-state index < -0.39 is 17.7 Å². The van der Waals surface area contributed by atoms with Gasteiger partial charge in [-0.3, -0.25) is 14.5 Å². The number of carbonyl (C=O) groups is 2. The summed E-state index contributed by atoms with van der Waals surface area (Å²) < 4.78 is 16.7. The number of morpholine rings is 1. The number of ether oxygens (including phenoxy) is 3. The van der Waals surface area contributed by atoms with Crippen LogP contribution in [-0.2, 0) is 14.3 Å². The first-order valence-electron chi connectivity index (χ1n) is 13.2. The molecule has 0 spiro atoms. The van der Waals surface area contributed by atoms with Crippen LogP contribution < -0.4 is 9.47 Å². The van der Waals surface area contributed by atoms with Gasteiger partial charge in [0.15, 0.2) is 0 Å². The van der Waals surface area contributed by atoms with Gasteiger partial charge in [0.25, 0.3) is 11.7 Å². The van der Waals surface area contributed by atoms with Gasteiger partial charge >= 0.3 is 0 Å². The molecule has 38 heavy (non-hydrogen) atoms. The molecule has 4 rings (SSSR count). The van der Waals surface area contributed by atoms with Gasteiger partial charge in [-0.05, 0) is 54.8 Å². The Bertz CT molecular complexity index is 1140. The van der Waals surface area contributed by atoms with Gasteiger partial charge in [-0.1, -0.05) is 31.7 Å². The Hall–Kier alpha value is -3.62. The van der Waals surface area contributed by atoms with Crippen molar-refractivity contribution in [2.75, 3.05) is 52.6 Å². The molecule has 1 atom stereocenters. The van der Waals surface area contributed by atoms with Crippen LogP contribution in [0.4, 0.5) is 0 Å². The largest absolute Gasteiger partial charge is 0.507 e. The van der Waals surface area contributed by atoms with Crippen LogP contribution in [0, 0.1) is 0 Å². The first-order chi connectivity index (χ1) is 18.5. The topological polar surface area (TPSA) is 88.5 Å². The summed E-state index contributed by atoms with van der Waals surface area (Å²) in [7, 11) is 0. The summed E-state index contributed by atoms with van der Waals surface area (Å²) in [5.74, 6) is -0.150. The van der Waals surface area contributed by atoms with Gasteiger partial charge < -0.3 is 24.2 Å². The van der Waals surface area contributed by atoms with Crippen LogP contribution in [0.1, 0.15) is 36.9 Å². The SMILES string of the molecule is C=CCOc1ccc([C@@H]2C(=C(O)c3ccc(OCCC)cc3)C(=O)C(=O)N2CCCN2CCOCC2)cc1. The normalized spacial score (nSPS) is 19.5. The van der Waals surface area contributed by atoms with Crippen molar-refractivity contribution in [3.05, 3.63) is 77.9 Å². The lowest BCUT2D eigenvalue weighted by molar-refractivity contribution is -0.140. The van der Waals surface area contributed by atoms with E-state index in [0.29, 0.717) is 56.5 Å². The molecule has 1 N–H and O–H groups in total. The number of aliphatic hydroxyl groups is 1. The van der Waals surface area contributed by atoms with E-state index >= 15 is 0 Å². The summed E-state index contributed by atoms with van der Waals surface area (Å²) in [4.78, 5) is 30.4. The Morgan fingerprint density at radius 2 is 1.68 bits per heavy atom. The fourth-order valence-electron chi connectivity index (χ4n) is 4.73. The molecule has 2 aromatic rings. The first kappa shape index (κ1) is 27.4. The first-order valence-corrected chi connectivity index (χ1v) is 13.2. The van der Waals surface area contributed by atoms with Crippen molar-refractivity contribution in [3.63, 3.8) is 0 Å². The number of carbonyl (C=O) groups excluding carboxylic acids is 2. The Morgan fingerprint density at radius 3 is 2.34 bits per heavy atom. The van der Waals surface area contributed by atoms with Crippen LogP contribution >= 0.6 is 0 Å². The Labute approximate surface area is 224 Å². The van der Waals surface area contributed by atoms with Gasteiger partial charge in [0, 0.05) is 31.7 Å². The summed E-state index contributed by atoms with van der Waals surface area (Å²) in [6.07, 6.45) is 3.25. The molecule has 2 saturated heterocycles. The lowest BCUT2D eigenvalue weighted by Gasteiger charge is -2.29. The van der Waals surface area contributed by atoms with Gasteiger partial charge in [0.1, 0.15) is 23.9 Å². The molecule has 8 nitrogen and oxygen atoms in total. The molecule has 0 bridgehead atoms. The van der Waals surface area contributed by atoms with Crippen molar-refractivity contribution in [2.45, 2.75) is 25.8 Å². The number of benzene rings is 2. The molecule has 2 heterocycles. The van der Waals surface area contributed by atoms with E-state index in [1.807, 2.05) is 19.1 Å². The van der Waals surface area contributed by atoms with Crippen LogP contribution in [0.2, 0.25) is 0 Å². The zero-order valence-corrected chi connectivity index (χ0v) is 21.9. The van der Waals surface area contributed by atoms with E-state index in [-0.39, 0.29) is 11.3 Å². The Morgan fingerprint density at radius 1 is 1.03 bits per heavy atom. The quantitative estimate of drug-likeness (QED) is 0.194. The molecule has 2 fully saturated rings. The number of nitrogens with zero attached hydrogens (tertiary/aromatic N) is 2. The van der Waals surface area contributed by atoms with Crippen molar-refractivity contribution in [1.29, 1.82) is 0 Å². The highest BCUT2D eigenvalue weighted by Crippen LogP contribution is 2.40. The van der Waals surface area contributed by atoms with E-state index in [4.69, 9.17) is 14.2 Å². The molecule has 202 valence electrons. The molecule has 2 aromatic carbocycles. The van der Waals surface area contributed by atoms with Gasteiger partial charge in [-0.15, -0.1) is 0 Å². The predicted molar refractivity (Wildman–Crippen MR) is 145 cm³/mol. The molecule has 0 radical (unpaired) electrons. The molecule has 0 aliphatic carbocycles. The summed E-state index contributed by atoms with van der Waals surface area (Å²) in [6, 6.07) is 13.5. The third kappa shape index (κ3) is 6.44. The maximum atomic E-state index is 13.3. The van der Waals surface area contributed by atoms with Crippen LogP contribution in [0.15, 0.2) is 66.8 Å². The van der Waals surface area contributed by atoms with E-state index in [1.54, 1.807) is 47.4 Å². The minimum Gasteiger partial charge on any atom is -0.507 e. The molecule has 8 heteroatoms. The van der Waals surface area contributed by atoms with Crippen LogP contribution in [0.25, 0.3) is 5.76 Å². The fourth-order valence-corrected chi connectivity index (χ4v) is 4.73. The molecular weight excluding hydrogens is 484 g/mol. The number of aliphatic hydroxyl groups excluding tert-OH is 1. The number of ketones is 1. The highest BCUT2D eigenvalue weighted by molar-refractivity contribution is 6.46. The number of Topliss-reactive ketones (excluding diaryl/α,β-unsaturated/α-hetero) is 1. The van der Waals surface area contributed by atoms with E-state index in [0.717, 1.165) is 31.6 Å². The van der Waals surface area contributed by atoms with Crippen LogP contribution in [0.3, 0.4) is 0 Å². The lowest BCUT2D eigenvalue weighted by atomic mass is 9.95. The fraction of sp³-hybridized carbons (Fsp3) is 0.400. The molecule has 0 saturated carbocycles. The minimum absolute atomic E-state index is 0.0864. The molecule has 2 aliphatic rings. The second kappa shape index (κ2) is 13.3. The second-order valence-corrected chi connectivity index (χ2v) is 9.34. The molecule has 2 aliphatic heterocycles. The van der Waals surface area contributed by atoms with E-state index in [9.17, 15) is 14.7 Å². The van der Waals surface area contributed by atoms with Gasteiger partial charge in [-0.25, -0.2) is 0 Å². The van der Waals surface area contributed by atoms with E-state index in [2.05, 4.69) is 11.5 Å². The van der Waals surface area contributed by atoms with Crippen LogP contribution in [-0.4, -0.2) is 79.2 Å². The van der Waals surface area contributed by atoms with Gasteiger partial charge in [0.2, 0.25) is 0 Å². The number of likely N-dealkylation sites (tertiary alicyclic amines) is 1. The average molecular weight is 521 g/mol. The summed E-state index contributed by atoms with van der Waals surface area (Å²) in [5.41, 5.74) is 1.27. The molecule has 0 unspecified atom stereocenters. The van der Waals surface area contributed by atoms with Crippen molar-refractivity contribution in [3.8, 4) is 11.5 Å². The maximum absolute atomic E-state index is 13.3. The second-order valence-electron chi connectivity index (χ2n) is 9.34. The molecular formula is C30H36N2O6. The lowest BCUT2D eigenvalue weighted by Crippen LogP contribution is -2.38. The third-order valence-electron chi connectivity index (χ3n) is 6.68. The summed E-state index contributed by atoms with van der Waals surface area (Å²) in [5, 5.41) is 11.3.